The van der Waals surface area contributed by atoms with Crippen molar-refractivity contribution in [2.24, 2.45) is 0 Å². The summed E-state index contributed by atoms with van der Waals surface area (Å²) < 4.78 is 5.98. The van der Waals surface area contributed by atoms with Gasteiger partial charge in [-0.05, 0) is 81.2 Å². The minimum Gasteiger partial charge on any atom is -0.492 e. The summed E-state index contributed by atoms with van der Waals surface area (Å²) in [5.41, 5.74) is 3.06. The van der Waals surface area contributed by atoms with E-state index in [2.05, 4.69) is 22.2 Å². The molecule has 2 heterocycles. The first-order valence-corrected chi connectivity index (χ1v) is 11.1. The molecule has 0 radical (unpaired) electrons. The van der Waals surface area contributed by atoms with E-state index in [1.165, 1.54) is 0 Å². The van der Waals surface area contributed by atoms with Crippen LogP contribution in [0.3, 0.4) is 0 Å². The standard InChI is InChI=1S/C25H26ClN3O2/c1-16-5-6-19(31-15-18-7-11-29(18)2)14-21(16)24(30)28-25(8-9-25)22-12-17(26)13-23-20(22)4-3-10-27-23/h3-6,10,12-14,18H,7-9,11,15H2,1-2H3,(H,28,30)/t18-/m0/s1. The highest BCUT2D eigenvalue weighted by atomic mass is 35.5. The molecule has 1 aliphatic heterocycles. The quantitative estimate of drug-likeness (QED) is 0.609. The van der Waals surface area contributed by atoms with Crippen LogP contribution in [0.5, 0.6) is 5.75 Å². The molecule has 0 bridgehead atoms. The van der Waals surface area contributed by atoms with Crippen LogP contribution in [-0.2, 0) is 5.54 Å². The molecule has 160 valence electrons. The van der Waals surface area contributed by atoms with E-state index < -0.39 is 5.54 Å². The van der Waals surface area contributed by atoms with Gasteiger partial charge in [0.2, 0.25) is 0 Å². The maximum atomic E-state index is 13.3. The number of hydrogen-bond acceptors (Lipinski definition) is 4. The van der Waals surface area contributed by atoms with E-state index in [4.69, 9.17) is 16.3 Å². The molecule has 5 rings (SSSR count). The van der Waals surface area contributed by atoms with Crippen LogP contribution in [0.25, 0.3) is 10.9 Å². The Kier molecular flexibility index (Phi) is 5.11. The number of nitrogens with one attached hydrogen (secondary N) is 1. The van der Waals surface area contributed by atoms with Gasteiger partial charge in [-0.25, -0.2) is 0 Å². The van der Waals surface area contributed by atoms with Gasteiger partial charge in [0.25, 0.3) is 5.91 Å². The smallest absolute Gasteiger partial charge is 0.252 e. The SMILES string of the molecule is Cc1ccc(OC[C@@H]2CCN2C)cc1C(=O)NC1(c2cc(Cl)cc3ncccc23)CC1. The Morgan fingerprint density at radius 1 is 1.29 bits per heavy atom. The number of ether oxygens (including phenoxy) is 1. The highest BCUT2D eigenvalue weighted by Gasteiger charge is 2.47. The number of fused-ring (bicyclic) bond motifs is 1. The molecule has 0 spiro atoms. The van der Waals surface area contributed by atoms with E-state index in [1.54, 1.807) is 6.20 Å². The fraction of sp³-hybridized carbons (Fsp3) is 0.360. The van der Waals surface area contributed by atoms with Gasteiger partial charge in [0.15, 0.2) is 0 Å². The Balaban J connectivity index is 1.38. The molecule has 1 aliphatic carbocycles. The first kappa shape index (κ1) is 20.3. The zero-order valence-corrected chi connectivity index (χ0v) is 18.6. The van der Waals surface area contributed by atoms with Gasteiger partial charge in [-0.15, -0.1) is 0 Å². The highest BCUT2D eigenvalue weighted by molar-refractivity contribution is 6.31. The van der Waals surface area contributed by atoms with Crippen LogP contribution >= 0.6 is 11.6 Å². The molecule has 1 N–H and O–H groups in total. The minimum atomic E-state index is -0.402. The lowest BCUT2D eigenvalue weighted by Crippen LogP contribution is -2.48. The number of amides is 1. The van der Waals surface area contributed by atoms with Gasteiger partial charge in [0.05, 0.1) is 11.1 Å². The van der Waals surface area contributed by atoms with E-state index in [0.29, 0.717) is 23.2 Å². The lowest BCUT2D eigenvalue weighted by Gasteiger charge is -2.37. The maximum Gasteiger partial charge on any atom is 0.252 e. The zero-order valence-electron chi connectivity index (χ0n) is 17.8. The van der Waals surface area contributed by atoms with Gasteiger partial charge in [-0.3, -0.25) is 14.7 Å². The molecule has 1 atom stereocenters. The second-order valence-electron chi connectivity index (χ2n) is 8.77. The number of benzene rings is 2. The molecule has 1 amide bonds. The summed E-state index contributed by atoms with van der Waals surface area (Å²) >= 11 is 6.37. The van der Waals surface area contributed by atoms with Crippen LogP contribution in [0, 0.1) is 6.92 Å². The lowest BCUT2D eigenvalue weighted by molar-refractivity contribution is 0.0767. The Bertz CT molecular complexity index is 1160. The fourth-order valence-corrected chi connectivity index (χ4v) is 4.54. The minimum absolute atomic E-state index is 0.0850. The molecule has 1 saturated carbocycles. The Morgan fingerprint density at radius 3 is 2.84 bits per heavy atom. The van der Waals surface area contributed by atoms with Crippen molar-refractivity contribution in [1.29, 1.82) is 0 Å². The fourth-order valence-electron chi connectivity index (χ4n) is 4.32. The van der Waals surface area contributed by atoms with Gasteiger partial charge in [-0.1, -0.05) is 23.7 Å². The summed E-state index contributed by atoms with van der Waals surface area (Å²) in [6, 6.07) is 14.0. The number of pyridine rings is 1. The second kappa shape index (κ2) is 7.81. The Hall–Kier alpha value is -2.63. The van der Waals surface area contributed by atoms with E-state index in [0.717, 1.165) is 53.6 Å². The summed E-state index contributed by atoms with van der Waals surface area (Å²) in [7, 11) is 2.11. The molecule has 3 aromatic rings. The molecule has 2 aromatic carbocycles. The summed E-state index contributed by atoms with van der Waals surface area (Å²) in [5, 5.41) is 4.96. The van der Waals surface area contributed by atoms with Gasteiger partial charge in [0.1, 0.15) is 12.4 Å². The van der Waals surface area contributed by atoms with Crippen LogP contribution in [0.2, 0.25) is 5.02 Å². The molecule has 1 aromatic heterocycles. The van der Waals surface area contributed by atoms with Gasteiger partial charge < -0.3 is 10.1 Å². The molecule has 0 unspecified atom stereocenters. The number of aromatic nitrogens is 1. The Morgan fingerprint density at radius 2 is 2.13 bits per heavy atom. The van der Waals surface area contributed by atoms with Crippen LogP contribution in [0.1, 0.15) is 40.7 Å². The maximum absolute atomic E-state index is 13.3. The molecule has 6 heteroatoms. The average Bonchev–Trinajstić information content (AvgIpc) is 3.53. The van der Waals surface area contributed by atoms with Crippen LogP contribution in [0.4, 0.5) is 0 Å². The monoisotopic (exact) mass is 435 g/mol. The molecule has 31 heavy (non-hydrogen) atoms. The predicted octanol–water partition coefficient (Wildman–Crippen LogP) is 4.70. The zero-order chi connectivity index (χ0) is 21.6. The number of likely N-dealkylation sites (N-methyl/N-ethyl adjacent to an activating group) is 1. The number of rotatable bonds is 6. The van der Waals surface area contributed by atoms with Gasteiger partial charge in [0, 0.05) is 28.2 Å². The lowest BCUT2D eigenvalue weighted by atomic mass is 9.98. The topological polar surface area (TPSA) is 54.5 Å². The normalized spacial score (nSPS) is 19.6. The summed E-state index contributed by atoms with van der Waals surface area (Å²) in [6.45, 7) is 3.72. The number of carbonyl (C=O) groups is 1. The molecule has 5 nitrogen and oxygen atoms in total. The van der Waals surface area contributed by atoms with Crippen molar-refractivity contribution in [2.45, 2.75) is 37.8 Å². The van der Waals surface area contributed by atoms with Crippen LogP contribution in [-0.4, -0.2) is 42.0 Å². The molecule has 2 fully saturated rings. The Labute approximate surface area is 187 Å². The molecular formula is C25H26ClN3O2. The van der Waals surface area contributed by atoms with E-state index in [1.807, 2.05) is 49.4 Å². The van der Waals surface area contributed by atoms with Crippen molar-refractivity contribution in [3.63, 3.8) is 0 Å². The average molecular weight is 436 g/mol. The van der Waals surface area contributed by atoms with Crippen molar-refractivity contribution >= 4 is 28.4 Å². The highest BCUT2D eigenvalue weighted by Crippen LogP contribution is 2.48. The van der Waals surface area contributed by atoms with Gasteiger partial charge >= 0.3 is 0 Å². The third-order valence-electron chi connectivity index (χ3n) is 6.64. The van der Waals surface area contributed by atoms with Crippen LogP contribution < -0.4 is 10.1 Å². The first-order valence-electron chi connectivity index (χ1n) is 10.8. The third-order valence-corrected chi connectivity index (χ3v) is 6.86. The number of carbonyl (C=O) groups excluding carboxylic acids is 1. The predicted molar refractivity (Wildman–Crippen MR) is 123 cm³/mol. The van der Waals surface area contributed by atoms with Crippen LogP contribution in [0.15, 0.2) is 48.7 Å². The van der Waals surface area contributed by atoms with E-state index in [-0.39, 0.29) is 5.91 Å². The number of nitrogens with zero attached hydrogens (tertiary/aromatic N) is 2. The number of aryl methyl sites for hydroxylation is 1. The van der Waals surface area contributed by atoms with E-state index >= 15 is 0 Å². The summed E-state index contributed by atoms with van der Waals surface area (Å²) in [4.78, 5) is 20.0. The number of likely N-dealkylation sites (tertiary alicyclic amines) is 1. The van der Waals surface area contributed by atoms with Crippen molar-refractivity contribution in [2.75, 3.05) is 20.2 Å². The summed E-state index contributed by atoms with van der Waals surface area (Å²) in [5.74, 6) is 0.650. The number of halogens is 1. The number of hydrogen-bond donors (Lipinski definition) is 1. The van der Waals surface area contributed by atoms with Crippen molar-refractivity contribution in [1.82, 2.24) is 15.2 Å². The van der Waals surface area contributed by atoms with Crippen molar-refractivity contribution in [3.8, 4) is 5.75 Å². The van der Waals surface area contributed by atoms with Crippen molar-refractivity contribution < 1.29 is 9.53 Å². The first-order chi connectivity index (χ1) is 14.9. The summed E-state index contributed by atoms with van der Waals surface area (Å²) in [6.07, 6.45) is 4.68. The molecular weight excluding hydrogens is 410 g/mol. The van der Waals surface area contributed by atoms with Gasteiger partial charge in [-0.2, -0.15) is 0 Å². The van der Waals surface area contributed by atoms with Crippen molar-refractivity contribution in [3.05, 3.63) is 70.4 Å². The largest absolute Gasteiger partial charge is 0.492 e. The van der Waals surface area contributed by atoms with E-state index in [9.17, 15) is 4.79 Å². The molecule has 1 saturated heterocycles. The third kappa shape index (κ3) is 3.88. The molecule has 2 aliphatic rings. The second-order valence-corrected chi connectivity index (χ2v) is 9.21.